The van der Waals surface area contributed by atoms with Crippen LogP contribution in [0.15, 0.2) is 60.7 Å². The van der Waals surface area contributed by atoms with Gasteiger partial charge in [0.15, 0.2) is 0 Å². The van der Waals surface area contributed by atoms with Gasteiger partial charge in [0, 0.05) is 55.9 Å². The number of phenols is 4. The van der Waals surface area contributed by atoms with Gasteiger partial charge >= 0.3 is 0 Å². The highest BCUT2D eigenvalue weighted by Gasteiger charge is 2.11. The van der Waals surface area contributed by atoms with Gasteiger partial charge in [0.05, 0.1) is 0 Å². The maximum absolute atomic E-state index is 12.2. The molecule has 198 valence electrons. The Hall–Kier alpha value is -4.02. The summed E-state index contributed by atoms with van der Waals surface area (Å²) < 4.78 is 0. The number of amides is 2. The minimum atomic E-state index is -0.340. The second-order valence-corrected chi connectivity index (χ2v) is 11.1. The van der Waals surface area contributed by atoms with E-state index in [0.717, 1.165) is 25.7 Å². The molecule has 0 radical (unpaired) electrons. The highest BCUT2D eigenvalue weighted by molar-refractivity contribution is 7.22. The predicted molar refractivity (Wildman–Crippen MR) is 148 cm³/mol. The number of hydrogen-bond donors (Lipinski definition) is 6. The smallest absolute Gasteiger partial charge is 0.251 e. The lowest BCUT2D eigenvalue weighted by molar-refractivity contribution is 0.0944. The molecule has 0 fully saturated rings. The topological polar surface area (TPSA) is 139 Å². The monoisotopic (exact) mass is 552 g/mol. The fourth-order valence-electron chi connectivity index (χ4n) is 3.88. The number of thiophene rings is 2. The zero-order valence-corrected chi connectivity index (χ0v) is 22.1. The van der Waals surface area contributed by atoms with E-state index in [2.05, 4.69) is 34.9 Å². The highest BCUT2D eigenvalue weighted by atomic mass is 32.1. The van der Waals surface area contributed by atoms with Gasteiger partial charge in [-0.2, -0.15) is 0 Å². The van der Waals surface area contributed by atoms with Gasteiger partial charge in [-0.25, -0.2) is 0 Å². The first-order chi connectivity index (χ1) is 18.3. The molecule has 0 aliphatic carbocycles. The van der Waals surface area contributed by atoms with Crippen LogP contribution in [0.3, 0.4) is 0 Å². The predicted octanol–water partition coefficient (Wildman–Crippen LogP) is 5.02. The van der Waals surface area contributed by atoms with Crippen LogP contribution in [0.4, 0.5) is 0 Å². The van der Waals surface area contributed by atoms with E-state index in [1.807, 2.05) is 0 Å². The van der Waals surface area contributed by atoms with Gasteiger partial charge in [-0.1, -0.05) is 0 Å². The van der Waals surface area contributed by atoms with Gasteiger partial charge in [-0.3, -0.25) is 9.59 Å². The van der Waals surface area contributed by atoms with Gasteiger partial charge in [-0.05, 0) is 74.2 Å². The molecular formula is C28H28N2O6S2. The summed E-state index contributed by atoms with van der Waals surface area (Å²) >= 11 is 3.45. The Labute approximate surface area is 227 Å². The van der Waals surface area contributed by atoms with Crippen molar-refractivity contribution < 1.29 is 30.0 Å². The molecule has 2 aromatic heterocycles. The molecule has 4 rings (SSSR count). The largest absolute Gasteiger partial charge is 0.508 e. The van der Waals surface area contributed by atoms with Gasteiger partial charge in [0.2, 0.25) is 0 Å². The number of carbonyl (C=O) groups is 2. The third-order valence-corrected chi connectivity index (χ3v) is 8.15. The van der Waals surface area contributed by atoms with Gasteiger partial charge < -0.3 is 31.1 Å². The van der Waals surface area contributed by atoms with Crippen LogP contribution in [0.25, 0.3) is 9.75 Å². The summed E-state index contributed by atoms with van der Waals surface area (Å²) in [5.74, 6) is -1.30. The van der Waals surface area contributed by atoms with Crippen LogP contribution in [-0.2, 0) is 12.8 Å². The van der Waals surface area contributed by atoms with Crippen molar-refractivity contribution in [2.75, 3.05) is 13.1 Å². The number of rotatable bonds is 11. The molecule has 38 heavy (non-hydrogen) atoms. The van der Waals surface area contributed by atoms with Crippen LogP contribution >= 0.6 is 22.7 Å². The Bertz CT molecular complexity index is 1280. The Morgan fingerprint density at radius 2 is 0.947 bits per heavy atom. The van der Waals surface area contributed by atoms with Gasteiger partial charge in [0.1, 0.15) is 23.0 Å². The van der Waals surface area contributed by atoms with Crippen molar-refractivity contribution in [2.45, 2.75) is 25.7 Å². The molecule has 2 heterocycles. The lowest BCUT2D eigenvalue weighted by Crippen LogP contribution is -2.24. The molecule has 0 saturated carbocycles. The van der Waals surface area contributed by atoms with Crippen LogP contribution in [0.1, 0.15) is 43.3 Å². The van der Waals surface area contributed by atoms with Gasteiger partial charge in [-0.15, -0.1) is 22.7 Å². The van der Waals surface area contributed by atoms with E-state index in [0.29, 0.717) is 13.1 Å². The molecular weight excluding hydrogens is 524 g/mol. The second-order valence-electron chi connectivity index (χ2n) is 8.73. The van der Waals surface area contributed by atoms with E-state index >= 15 is 0 Å². The first-order valence-electron chi connectivity index (χ1n) is 12.1. The molecule has 4 aromatic rings. The van der Waals surface area contributed by atoms with Crippen molar-refractivity contribution in [2.24, 2.45) is 0 Å². The number of carbonyl (C=O) groups excluding carboxylic acids is 2. The molecule has 10 heteroatoms. The Balaban J connectivity index is 1.18. The normalized spacial score (nSPS) is 10.8. The molecule has 0 bridgehead atoms. The summed E-state index contributed by atoms with van der Waals surface area (Å²) in [6.07, 6.45) is 3.18. The van der Waals surface area contributed by atoms with E-state index in [4.69, 9.17) is 0 Å². The Morgan fingerprint density at radius 1 is 0.579 bits per heavy atom. The molecule has 0 spiro atoms. The van der Waals surface area contributed by atoms with E-state index < -0.39 is 0 Å². The zero-order valence-electron chi connectivity index (χ0n) is 20.4. The van der Waals surface area contributed by atoms with Crippen LogP contribution in [0, 0.1) is 0 Å². The molecule has 2 aromatic carbocycles. The van der Waals surface area contributed by atoms with Crippen LogP contribution in [-0.4, -0.2) is 45.3 Å². The third kappa shape index (κ3) is 7.50. The third-order valence-electron chi connectivity index (χ3n) is 5.67. The SMILES string of the molecule is O=C(NCCCc1ccc(-c2ccc(CCCNC(=O)c3cc(O)cc(O)c3)s2)s1)c1cc(O)cc(O)c1. The fraction of sp³-hybridized carbons (Fsp3) is 0.214. The number of benzene rings is 2. The fourth-order valence-corrected chi connectivity index (χ4v) is 6.06. The summed E-state index contributed by atoms with van der Waals surface area (Å²) in [6, 6.07) is 16.0. The molecule has 0 aliphatic rings. The number of nitrogens with one attached hydrogen (secondary N) is 2. The summed E-state index contributed by atoms with van der Waals surface area (Å²) in [5, 5.41) is 43.7. The van der Waals surface area contributed by atoms with E-state index in [1.165, 1.54) is 55.9 Å². The summed E-state index contributed by atoms with van der Waals surface area (Å²) in [5.41, 5.74) is 0.433. The minimum absolute atomic E-state index is 0.156. The second kappa shape index (κ2) is 12.5. The summed E-state index contributed by atoms with van der Waals surface area (Å²) in [4.78, 5) is 29.2. The molecule has 0 unspecified atom stereocenters. The van der Waals surface area contributed by atoms with Crippen molar-refractivity contribution in [3.8, 4) is 32.8 Å². The van der Waals surface area contributed by atoms with Crippen LogP contribution < -0.4 is 10.6 Å². The zero-order chi connectivity index (χ0) is 27.1. The highest BCUT2D eigenvalue weighted by Crippen LogP contribution is 2.34. The lowest BCUT2D eigenvalue weighted by Gasteiger charge is -2.06. The standard InChI is InChI=1S/C28H28N2O6S2/c31-19-11-17(12-20(32)15-19)27(35)29-9-1-3-23-5-7-25(37-23)26-8-6-24(38-26)4-2-10-30-28(36)18-13-21(33)16-22(34)14-18/h5-8,11-16,31-34H,1-4,9-10H2,(H,29,35)(H,30,36). The van der Waals surface area contributed by atoms with E-state index in [-0.39, 0.29) is 45.9 Å². The molecule has 6 N–H and O–H groups in total. The maximum Gasteiger partial charge on any atom is 0.251 e. The number of aryl methyl sites for hydroxylation is 2. The average Bonchev–Trinajstić information content (AvgIpc) is 3.53. The number of aromatic hydroxyl groups is 4. The summed E-state index contributed by atoms with van der Waals surface area (Å²) in [6.45, 7) is 0.962. The van der Waals surface area contributed by atoms with Crippen molar-refractivity contribution in [1.82, 2.24) is 10.6 Å². The molecule has 2 amide bonds. The minimum Gasteiger partial charge on any atom is -0.508 e. The van der Waals surface area contributed by atoms with E-state index in [1.54, 1.807) is 22.7 Å². The van der Waals surface area contributed by atoms with Crippen LogP contribution in [0.5, 0.6) is 23.0 Å². The quantitative estimate of drug-likeness (QED) is 0.144. The number of hydrogen-bond acceptors (Lipinski definition) is 8. The first kappa shape index (κ1) is 27.0. The average molecular weight is 553 g/mol. The Morgan fingerprint density at radius 3 is 1.32 bits per heavy atom. The van der Waals surface area contributed by atoms with E-state index in [9.17, 15) is 30.0 Å². The molecule has 8 nitrogen and oxygen atoms in total. The van der Waals surface area contributed by atoms with Crippen molar-refractivity contribution in [3.63, 3.8) is 0 Å². The maximum atomic E-state index is 12.2. The summed E-state index contributed by atoms with van der Waals surface area (Å²) in [7, 11) is 0. The molecule has 0 saturated heterocycles. The first-order valence-corrected chi connectivity index (χ1v) is 13.7. The van der Waals surface area contributed by atoms with Crippen LogP contribution in [0.2, 0.25) is 0 Å². The van der Waals surface area contributed by atoms with Gasteiger partial charge in [0.25, 0.3) is 11.8 Å². The number of phenolic OH excluding ortho intramolecular Hbond substituents is 4. The Kier molecular flexibility index (Phi) is 8.88. The lowest BCUT2D eigenvalue weighted by atomic mass is 10.2. The van der Waals surface area contributed by atoms with Crippen molar-refractivity contribution in [3.05, 3.63) is 81.5 Å². The molecule has 0 aliphatic heterocycles. The van der Waals surface area contributed by atoms with Crippen molar-refractivity contribution >= 4 is 34.5 Å². The molecule has 0 atom stereocenters. The van der Waals surface area contributed by atoms with Crippen molar-refractivity contribution in [1.29, 1.82) is 0 Å².